The highest BCUT2D eigenvalue weighted by Crippen LogP contribution is 2.39. The quantitative estimate of drug-likeness (QED) is 0.190. The molecule has 0 fully saturated rings. The van der Waals surface area contributed by atoms with E-state index in [4.69, 9.17) is 0 Å². The SMILES string of the molecule is CN(c1ccc(C(O)(c2ccccc2)c2ccccc2)cc1)c1ccc(C(O)(c2ccccc2)c2ccccc2)cc1. The highest BCUT2D eigenvalue weighted by Gasteiger charge is 2.35. The normalized spacial score (nSPS) is 11.7. The molecule has 6 aromatic rings. The Morgan fingerprint density at radius 2 is 0.548 bits per heavy atom. The van der Waals surface area contributed by atoms with Gasteiger partial charge in [-0.1, -0.05) is 146 Å². The zero-order valence-corrected chi connectivity index (χ0v) is 23.5. The average molecular weight is 548 g/mol. The molecule has 3 heteroatoms. The van der Waals surface area contributed by atoms with Gasteiger partial charge < -0.3 is 15.1 Å². The molecular formula is C39H33NO2. The van der Waals surface area contributed by atoms with Gasteiger partial charge in [0, 0.05) is 18.4 Å². The highest BCUT2D eigenvalue weighted by molar-refractivity contribution is 5.64. The Labute approximate surface area is 247 Å². The van der Waals surface area contributed by atoms with Gasteiger partial charge in [0.05, 0.1) is 0 Å². The van der Waals surface area contributed by atoms with Gasteiger partial charge in [0.15, 0.2) is 0 Å². The van der Waals surface area contributed by atoms with Crippen LogP contribution < -0.4 is 4.90 Å². The first-order valence-electron chi connectivity index (χ1n) is 14.1. The Balaban J connectivity index is 1.32. The van der Waals surface area contributed by atoms with E-state index >= 15 is 0 Å². The van der Waals surface area contributed by atoms with E-state index in [1.165, 1.54) is 0 Å². The topological polar surface area (TPSA) is 43.7 Å². The van der Waals surface area contributed by atoms with E-state index in [1.54, 1.807) is 0 Å². The molecule has 0 aliphatic heterocycles. The van der Waals surface area contributed by atoms with E-state index in [-0.39, 0.29) is 0 Å². The van der Waals surface area contributed by atoms with E-state index in [0.717, 1.165) is 44.8 Å². The van der Waals surface area contributed by atoms with Crippen molar-refractivity contribution < 1.29 is 10.2 Å². The minimum Gasteiger partial charge on any atom is -0.376 e. The molecule has 206 valence electrons. The van der Waals surface area contributed by atoms with Gasteiger partial charge in [-0.3, -0.25) is 0 Å². The van der Waals surface area contributed by atoms with Crippen molar-refractivity contribution in [2.45, 2.75) is 11.2 Å². The molecule has 42 heavy (non-hydrogen) atoms. The largest absolute Gasteiger partial charge is 0.376 e. The Bertz CT molecular complexity index is 1510. The second-order valence-corrected chi connectivity index (χ2v) is 10.5. The average Bonchev–Trinajstić information content (AvgIpc) is 3.09. The fraction of sp³-hybridized carbons (Fsp3) is 0.0769. The maximum atomic E-state index is 12.1. The molecule has 0 aliphatic carbocycles. The summed E-state index contributed by atoms with van der Waals surface area (Å²) in [6.45, 7) is 0. The van der Waals surface area contributed by atoms with Crippen molar-refractivity contribution in [2.24, 2.45) is 0 Å². The third kappa shape index (κ3) is 4.90. The molecular weight excluding hydrogens is 514 g/mol. The number of hydrogen-bond donors (Lipinski definition) is 2. The van der Waals surface area contributed by atoms with Crippen LogP contribution in [0.1, 0.15) is 33.4 Å². The number of rotatable bonds is 8. The molecule has 0 aliphatic rings. The van der Waals surface area contributed by atoms with Crippen LogP contribution in [0.2, 0.25) is 0 Å². The summed E-state index contributed by atoms with van der Waals surface area (Å²) in [4.78, 5) is 2.10. The van der Waals surface area contributed by atoms with E-state index in [9.17, 15) is 10.2 Å². The highest BCUT2D eigenvalue weighted by atomic mass is 16.3. The molecule has 0 bridgehead atoms. The molecule has 0 radical (unpaired) electrons. The van der Waals surface area contributed by atoms with Crippen LogP contribution in [0, 0.1) is 0 Å². The monoisotopic (exact) mass is 547 g/mol. The third-order valence-corrected chi connectivity index (χ3v) is 8.11. The third-order valence-electron chi connectivity index (χ3n) is 8.11. The van der Waals surface area contributed by atoms with Crippen LogP contribution in [0.25, 0.3) is 0 Å². The van der Waals surface area contributed by atoms with Crippen molar-refractivity contribution >= 4 is 11.4 Å². The minimum atomic E-state index is -1.28. The van der Waals surface area contributed by atoms with Gasteiger partial charge in [0.2, 0.25) is 0 Å². The zero-order chi connectivity index (χ0) is 29.0. The van der Waals surface area contributed by atoms with Gasteiger partial charge in [0.25, 0.3) is 0 Å². The number of benzene rings is 6. The maximum Gasteiger partial charge on any atom is 0.140 e. The van der Waals surface area contributed by atoms with Gasteiger partial charge in [-0.25, -0.2) is 0 Å². The van der Waals surface area contributed by atoms with Crippen molar-refractivity contribution in [3.63, 3.8) is 0 Å². The summed E-state index contributed by atoms with van der Waals surface area (Å²) >= 11 is 0. The summed E-state index contributed by atoms with van der Waals surface area (Å²) in [6, 6.07) is 55.2. The van der Waals surface area contributed by atoms with Gasteiger partial charge in [-0.15, -0.1) is 0 Å². The lowest BCUT2D eigenvalue weighted by atomic mass is 9.80. The summed E-state index contributed by atoms with van der Waals surface area (Å²) in [7, 11) is 2.02. The lowest BCUT2D eigenvalue weighted by molar-refractivity contribution is 0.125. The Hall–Kier alpha value is -4.96. The molecule has 0 aromatic heterocycles. The van der Waals surface area contributed by atoms with Crippen LogP contribution in [0.15, 0.2) is 170 Å². The standard InChI is InChI=1S/C39H33NO2/c1-40(36-26-22-34(23-27-36)38(41,30-14-6-2-7-15-30)31-16-8-3-9-17-31)37-28-24-35(25-29-37)39(42,32-18-10-4-11-19-32)33-20-12-5-13-21-33/h2-29,41-42H,1H3. The predicted molar refractivity (Wildman–Crippen MR) is 171 cm³/mol. The van der Waals surface area contributed by atoms with Gasteiger partial charge in [0.1, 0.15) is 11.2 Å². The maximum absolute atomic E-state index is 12.1. The van der Waals surface area contributed by atoms with Crippen molar-refractivity contribution in [2.75, 3.05) is 11.9 Å². The Kier molecular flexibility index (Phi) is 7.45. The van der Waals surface area contributed by atoms with Crippen LogP contribution >= 0.6 is 0 Å². The molecule has 0 heterocycles. The van der Waals surface area contributed by atoms with E-state index in [0.29, 0.717) is 0 Å². The Morgan fingerprint density at radius 3 is 0.786 bits per heavy atom. The van der Waals surface area contributed by atoms with E-state index in [2.05, 4.69) is 4.90 Å². The molecule has 6 aromatic carbocycles. The van der Waals surface area contributed by atoms with Crippen molar-refractivity contribution in [1.82, 2.24) is 0 Å². The molecule has 0 amide bonds. The summed E-state index contributed by atoms with van der Waals surface area (Å²) in [5.74, 6) is 0. The smallest absolute Gasteiger partial charge is 0.140 e. The molecule has 0 saturated carbocycles. The first-order valence-corrected chi connectivity index (χ1v) is 14.1. The van der Waals surface area contributed by atoms with Crippen molar-refractivity contribution in [1.29, 1.82) is 0 Å². The first-order chi connectivity index (χ1) is 20.5. The summed E-state index contributed by atoms with van der Waals surface area (Å²) in [5, 5.41) is 24.3. The molecule has 6 rings (SSSR count). The van der Waals surface area contributed by atoms with Crippen LogP contribution in [-0.4, -0.2) is 17.3 Å². The van der Waals surface area contributed by atoms with E-state index < -0.39 is 11.2 Å². The van der Waals surface area contributed by atoms with Crippen LogP contribution in [-0.2, 0) is 11.2 Å². The fourth-order valence-electron chi connectivity index (χ4n) is 5.72. The molecule has 0 unspecified atom stereocenters. The lowest BCUT2D eigenvalue weighted by Gasteiger charge is -2.31. The number of nitrogens with zero attached hydrogens (tertiary/aromatic N) is 1. The van der Waals surface area contributed by atoms with E-state index in [1.807, 2.05) is 177 Å². The summed E-state index contributed by atoms with van der Waals surface area (Å²) in [5.41, 5.74) is 4.27. The minimum absolute atomic E-state index is 0.795. The van der Waals surface area contributed by atoms with Crippen molar-refractivity contribution in [3.05, 3.63) is 203 Å². The fourth-order valence-corrected chi connectivity index (χ4v) is 5.72. The number of anilines is 2. The van der Waals surface area contributed by atoms with Gasteiger partial charge >= 0.3 is 0 Å². The number of hydrogen-bond acceptors (Lipinski definition) is 3. The summed E-state index contributed by atoms with van der Waals surface area (Å²) in [6.07, 6.45) is 0. The first kappa shape index (κ1) is 27.2. The molecule has 0 spiro atoms. The molecule has 0 saturated heterocycles. The molecule has 3 nitrogen and oxygen atoms in total. The zero-order valence-electron chi connectivity index (χ0n) is 23.5. The molecule has 0 atom stereocenters. The molecule has 2 N–H and O–H groups in total. The van der Waals surface area contributed by atoms with Gasteiger partial charge in [-0.05, 0) is 57.6 Å². The van der Waals surface area contributed by atoms with Crippen LogP contribution in [0.5, 0.6) is 0 Å². The summed E-state index contributed by atoms with van der Waals surface area (Å²) < 4.78 is 0. The Morgan fingerprint density at radius 1 is 0.333 bits per heavy atom. The van der Waals surface area contributed by atoms with Crippen LogP contribution in [0.4, 0.5) is 11.4 Å². The number of aliphatic hydroxyl groups is 2. The second kappa shape index (κ2) is 11.5. The lowest BCUT2D eigenvalue weighted by Crippen LogP contribution is -2.29. The van der Waals surface area contributed by atoms with Gasteiger partial charge in [-0.2, -0.15) is 0 Å². The van der Waals surface area contributed by atoms with Crippen molar-refractivity contribution in [3.8, 4) is 0 Å². The second-order valence-electron chi connectivity index (χ2n) is 10.5. The van der Waals surface area contributed by atoms with Crippen LogP contribution in [0.3, 0.4) is 0 Å². The predicted octanol–water partition coefficient (Wildman–Crippen LogP) is 8.02.